The molecule has 182 valence electrons. The Morgan fingerprint density at radius 2 is 1.63 bits per heavy atom. The highest BCUT2D eigenvalue weighted by Crippen LogP contribution is 2.45. The fraction of sp³-hybridized carbons (Fsp3) is 0.955. The lowest BCUT2D eigenvalue weighted by Crippen LogP contribution is -2.33. The standard InChI is InChI=1S/C21H45N2O2PS2.CH4O/c1-7-9-10-14-17-27-28-18-15-12-11-13-16-24-26(25-19-22-8-2)23(20(3)4)21(5)6;1-2/h19-21H,7-18H2,1-6H3;2H,1H3/i1D;2T. The number of aliphatic imine (C=N–C) groups is 1. The first-order valence-corrected chi connectivity index (χ1v) is 15.0. The second-order valence-corrected chi connectivity index (χ2v) is 11.4. The molecule has 0 bridgehead atoms. The van der Waals surface area contributed by atoms with Gasteiger partial charge in [-0.25, -0.2) is 4.67 Å². The highest BCUT2D eigenvalue weighted by atomic mass is 33.1. The van der Waals surface area contributed by atoms with Gasteiger partial charge in [-0.05, 0) is 53.9 Å². The zero-order valence-corrected chi connectivity index (χ0v) is 22.8. The maximum Gasteiger partial charge on any atom is 0.322 e. The van der Waals surface area contributed by atoms with Crippen LogP contribution in [0.1, 0.15) is 94.3 Å². The second-order valence-electron chi connectivity index (χ2n) is 7.32. The van der Waals surface area contributed by atoms with E-state index >= 15 is 0 Å². The van der Waals surface area contributed by atoms with E-state index in [2.05, 4.69) is 42.5 Å². The molecule has 30 heavy (non-hydrogen) atoms. The average Bonchev–Trinajstić information content (AvgIpc) is 2.74. The first-order valence-electron chi connectivity index (χ1n) is 12.5. The first kappa shape index (κ1) is 28.5. The van der Waals surface area contributed by atoms with Gasteiger partial charge in [-0.2, -0.15) is 0 Å². The number of aliphatic hydroxyl groups is 1. The predicted octanol–water partition coefficient (Wildman–Crippen LogP) is 7.54. The lowest BCUT2D eigenvalue weighted by molar-refractivity contribution is 0.213. The summed E-state index contributed by atoms with van der Waals surface area (Å²) >= 11 is 0. The van der Waals surface area contributed by atoms with Crippen molar-refractivity contribution in [1.82, 2.24) is 4.67 Å². The summed E-state index contributed by atoms with van der Waals surface area (Å²) in [6, 6.07) is 0.756. The molecular formula is C22H49N2O3PS2. The van der Waals surface area contributed by atoms with E-state index in [4.69, 9.17) is 11.8 Å². The molecule has 0 spiro atoms. The summed E-state index contributed by atoms with van der Waals surface area (Å²) in [6.45, 7) is 12.8. The maximum absolute atomic E-state index is 7.13. The lowest BCUT2D eigenvalue weighted by atomic mass is 10.2. The number of rotatable bonds is 20. The highest BCUT2D eigenvalue weighted by molar-refractivity contribution is 8.76. The number of hydrogen-bond donors (Lipinski definition) is 1. The third-order valence-electron chi connectivity index (χ3n) is 4.03. The third kappa shape index (κ3) is 20.4. The number of aliphatic hydroxyl groups excluding tert-OH is 1. The van der Waals surface area contributed by atoms with Crippen molar-refractivity contribution in [2.45, 2.75) is 105 Å². The quantitative estimate of drug-likeness (QED) is 0.0629. The summed E-state index contributed by atoms with van der Waals surface area (Å²) in [5, 5.41) is 3.50. The van der Waals surface area contributed by atoms with Crippen LogP contribution in [-0.2, 0) is 9.05 Å². The van der Waals surface area contributed by atoms with Crippen molar-refractivity contribution in [2.75, 3.05) is 31.8 Å². The van der Waals surface area contributed by atoms with Crippen molar-refractivity contribution in [3.8, 4) is 0 Å². The summed E-state index contributed by atoms with van der Waals surface area (Å²) in [6.07, 6.45) is 11.3. The van der Waals surface area contributed by atoms with Crippen molar-refractivity contribution in [2.24, 2.45) is 4.99 Å². The molecule has 0 aromatic rings. The molecule has 0 rings (SSSR count). The van der Waals surface area contributed by atoms with Gasteiger partial charge in [-0.1, -0.05) is 60.6 Å². The Bertz CT molecular complexity index is 394. The topological polar surface area (TPSA) is 54.3 Å². The fourth-order valence-corrected chi connectivity index (χ4v) is 6.45. The first-order chi connectivity index (χ1) is 15.5. The SMILES string of the molecule is [2H]CCCCCCSSCCCCCCOP(OC=NCC)N(C(C)C)C(C)C.[3H]OC. The molecule has 1 N–H and O–H groups in total. The second kappa shape index (κ2) is 25.7. The molecular weight excluding hydrogens is 435 g/mol. The minimum atomic E-state index is -1.09. The number of unbranched alkanes of at least 4 members (excludes halogenated alkanes) is 6. The fourth-order valence-electron chi connectivity index (χ4n) is 2.66. The van der Waals surface area contributed by atoms with Crippen molar-refractivity contribution < 1.29 is 15.5 Å². The predicted molar refractivity (Wildman–Crippen MR) is 141 cm³/mol. The average molecular weight is 488 g/mol. The van der Waals surface area contributed by atoms with E-state index in [1.54, 1.807) is 6.40 Å². The Morgan fingerprint density at radius 3 is 2.17 bits per heavy atom. The maximum atomic E-state index is 7.13. The molecule has 0 fully saturated rings. The van der Waals surface area contributed by atoms with E-state index in [0.29, 0.717) is 19.0 Å². The van der Waals surface area contributed by atoms with Crippen molar-refractivity contribution in [3.63, 3.8) is 0 Å². The third-order valence-corrected chi connectivity index (χ3v) is 8.58. The molecule has 1 unspecified atom stereocenters. The Labute approximate surface area is 199 Å². The van der Waals surface area contributed by atoms with Crippen LogP contribution in [-0.4, -0.2) is 61.5 Å². The molecule has 5 nitrogen and oxygen atoms in total. The monoisotopic (exact) mass is 487 g/mol. The van der Waals surface area contributed by atoms with Crippen LogP contribution in [0.4, 0.5) is 0 Å². The molecule has 8 heteroatoms. The van der Waals surface area contributed by atoms with Gasteiger partial charge < -0.3 is 14.2 Å². The van der Waals surface area contributed by atoms with Gasteiger partial charge in [0.2, 0.25) is 1.43 Å². The van der Waals surface area contributed by atoms with Crippen molar-refractivity contribution >= 4 is 36.5 Å². The van der Waals surface area contributed by atoms with Crippen LogP contribution < -0.4 is 0 Å². The normalized spacial score (nSPS) is 13.5. The largest absolute Gasteiger partial charge is 0.425 e. The highest BCUT2D eigenvalue weighted by Gasteiger charge is 2.27. The Balaban J connectivity index is 0. The summed E-state index contributed by atoms with van der Waals surface area (Å²) < 4.78 is 27.1. The summed E-state index contributed by atoms with van der Waals surface area (Å²) in [5.74, 6) is 2.50. The molecule has 0 aliphatic carbocycles. The summed E-state index contributed by atoms with van der Waals surface area (Å²) in [5.41, 5.74) is 0. The molecule has 0 saturated heterocycles. The molecule has 0 radical (unpaired) electrons. The van der Waals surface area contributed by atoms with Gasteiger partial charge >= 0.3 is 8.53 Å². The molecule has 0 saturated carbocycles. The van der Waals surface area contributed by atoms with E-state index in [1.165, 1.54) is 57.1 Å². The van der Waals surface area contributed by atoms with Crippen LogP contribution >= 0.6 is 30.1 Å². The van der Waals surface area contributed by atoms with E-state index in [1.807, 2.05) is 28.5 Å². The molecule has 0 aliphatic rings. The van der Waals surface area contributed by atoms with E-state index < -0.39 is 8.53 Å². The Kier molecular flexibility index (Phi) is 24.5. The Morgan fingerprint density at radius 1 is 1.07 bits per heavy atom. The van der Waals surface area contributed by atoms with Gasteiger partial charge in [0.15, 0.2) is 6.40 Å². The van der Waals surface area contributed by atoms with Gasteiger partial charge in [0.25, 0.3) is 0 Å². The number of nitrogens with zero attached hydrogens (tertiary/aromatic N) is 2. The molecule has 0 aromatic carbocycles. The lowest BCUT2D eigenvalue weighted by Gasteiger charge is -2.34. The summed E-state index contributed by atoms with van der Waals surface area (Å²) in [7, 11) is 4.24. The number of hydrogen-bond acceptors (Lipinski definition) is 7. The van der Waals surface area contributed by atoms with Crippen LogP contribution in [0.5, 0.6) is 0 Å². The molecule has 0 aromatic heterocycles. The Hall–Kier alpha value is 0.480. The van der Waals surface area contributed by atoms with Gasteiger partial charge in [-0.15, -0.1) is 0 Å². The molecule has 0 aliphatic heterocycles. The van der Waals surface area contributed by atoms with Crippen LogP contribution in [0.25, 0.3) is 0 Å². The molecule has 0 heterocycles. The van der Waals surface area contributed by atoms with Crippen LogP contribution in [0.2, 0.25) is 0 Å². The smallest absolute Gasteiger partial charge is 0.322 e. The van der Waals surface area contributed by atoms with Gasteiger partial charge in [0, 0.05) is 38.6 Å². The van der Waals surface area contributed by atoms with Crippen LogP contribution in [0, 0.1) is 0 Å². The van der Waals surface area contributed by atoms with Gasteiger partial charge in [-0.3, -0.25) is 4.99 Å². The van der Waals surface area contributed by atoms with Gasteiger partial charge in [0.1, 0.15) is 0 Å². The summed E-state index contributed by atoms with van der Waals surface area (Å²) in [4.78, 5) is 4.18. The van der Waals surface area contributed by atoms with Crippen molar-refractivity contribution in [1.29, 1.82) is 1.43 Å². The molecule has 0 amide bonds. The van der Waals surface area contributed by atoms with Crippen molar-refractivity contribution in [3.05, 3.63) is 0 Å². The zero-order chi connectivity index (χ0) is 24.5. The van der Waals surface area contributed by atoms with E-state index in [0.717, 1.165) is 26.0 Å². The molecule has 1 atom stereocenters. The van der Waals surface area contributed by atoms with Crippen LogP contribution in [0.15, 0.2) is 4.99 Å². The van der Waals surface area contributed by atoms with Gasteiger partial charge in [0.05, 0.1) is 6.61 Å². The minimum absolute atomic E-state index is 0.378. The van der Waals surface area contributed by atoms with E-state index in [9.17, 15) is 0 Å². The van der Waals surface area contributed by atoms with E-state index in [-0.39, 0.29) is 0 Å². The van der Waals surface area contributed by atoms with Crippen LogP contribution in [0.3, 0.4) is 0 Å². The minimum Gasteiger partial charge on any atom is -0.425 e. The zero-order valence-electron chi connectivity index (χ0n) is 22.3.